The summed E-state index contributed by atoms with van der Waals surface area (Å²) < 4.78 is 17.5. The van der Waals surface area contributed by atoms with Crippen LogP contribution in [0.25, 0.3) is 0 Å². The minimum Gasteiger partial charge on any atom is -0.493 e. The summed E-state index contributed by atoms with van der Waals surface area (Å²) in [5, 5.41) is 3.63. The molecular formula is C37H44N2O5. The predicted octanol–water partition coefficient (Wildman–Crippen LogP) is 8.36. The molecule has 1 amide bonds. The Kier molecular flexibility index (Phi) is 9.93. The second-order valence-electron chi connectivity index (χ2n) is 11.7. The summed E-state index contributed by atoms with van der Waals surface area (Å²) in [4.78, 5) is 30.6. The molecule has 1 aliphatic carbocycles. The van der Waals surface area contributed by atoms with Crippen molar-refractivity contribution in [3.05, 3.63) is 89.1 Å². The quantitative estimate of drug-likeness (QED) is 0.224. The maximum Gasteiger partial charge on any atom is 0.227 e. The number of nitrogens with one attached hydrogen (secondary N) is 1. The van der Waals surface area contributed by atoms with Crippen LogP contribution < -0.4 is 24.4 Å². The Morgan fingerprint density at radius 3 is 2.43 bits per heavy atom. The van der Waals surface area contributed by atoms with E-state index in [0.29, 0.717) is 42.1 Å². The summed E-state index contributed by atoms with van der Waals surface area (Å²) >= 11 is 0. The monoisotopic (exact) mass is 596 g/mol. The van der Waals surface area contributed by atoms with E-state index in [9.17, 15) is 9.59 Å². The van der Waals surface area contributed by atoms with Crippen molar-refractivity contribution in [2.45, 2.75) is 83.8 Å². The van der Waals surface area contributed by atoms with Gasteiger partial charge in [-0.3, -0.25) is 14.5 Å². The minimum absolute atomic E-state index is 0.000364. The Balaban J connectivity index is 1.68. The standard InChI is InChI=1S/C37H44N2O5/c1-6-8-9-18-35(41)39-30-16-12-11-15-28(30)38-29-21-26(25-19-20-33(42-4)34(23-25)43-5)22-31(40)36(29)37(39)27-14-10-13-17-32(27)44-24(3)7-2/h10-17,19-20,23-24,26,37-38H,6-9,18,21-22H2,1-5H3/t24-,26-,37-/m1/s1. The SMILES string of the molecule is CCCCCC(=O)N1c2ccccc2NC2=C(C(=O)C[C@H](c3ccc(OC)c(OC)c3)C2)[C@H]1c1ccccc1O[C@H](C)CC. The number of amides is 1. The Labute approximate surface area is 261 Å². The minimum atomic E-state index is -0.630. The molecule has 1 heterocycles. The third-order valence-corrected chi connectivity index (χ3v) is 8.75. The molecule has 0 radical (unpaired) electrons. The van der Waals surface area contributed by atoms with E-state index in [1.54, 1.807) is 14.2 Å². The fourth-order valence-electron chi connectivity index (χ4n) is 6.26. The largest absolute Gasteiger partial charge is 0.493 e. The molecule has 3 aromatic rings. The van der Waals surface area contributed by atoms with Gasteiger partial charge in [0, 0.05) is 29.7 Å². The van der Waals surface area contributed by atoms with Gasteiger partial charge >= 0.3 is 0 Å². The van der Waals surface area contributed by atoms with E-state index >= 15 is 0 Å². The van der Waals surface area contributed by atoms with E-state index in [-0.39, 0.29) is 23.7 Å². The summed E-state index contributed by atoms with van der Waals surface area (Å²) in [5.74, 6) is 1.92. The van der Waals surface area contributed by atoms with E-state index in [1.165, 1.54) is 0 Å². The summed E-state index contributed by atoms with van der Waals surface area (Å²) in [6.45, 7) is 6.26. The highest BCUT2D eigenvalue weighted by atomic mass is 16.5. The second-order valence-corrected chi connectivity index (χ2v) is 11.7. The second kappa shape index (κ2) is 14.0. The molecule has 1 N–H and O–H groups in total. The number of rotatable bonds is 11. The van der Waals surface area contributed by atoms with Crippen LogP contribution >= 0.6 is 0 Å². The molecule has 0 fully saturated rings. The molecule has 44 heavy (non-hydrogen) atoms. The maximum atomic E-state index is 14.5. The van der Waals surface area contributed by atoms with Crippen molar-refractivity contribution in [1.82, 2.24) is 0 Å². The molecule has 3 atom stereocenters. The van der Waals surface area contributed by atoms with Crippen molar-refractivity contribution in [1.29, 1.82) is 0 Å². The van der Waals surface area contributed by atoms with Gasteiger partial charge in [0.2, 0.25) is 5.91 Å². The molecule has 0 saturated carbocycles. The van der Waals surface area contributed by atoms with E-state index in [1.807, 2.05) is 78.6 Å². The van der Waals surface area contributed by atoms with Crippen molar-refractivity contribution >= 4 is 23.1 Å². The number of hydrogen-bond donors (Lipinski definition) is 1. The first-order valence-electron chi connectivity index (χ1n) is 15.8. The average Bonchev–Trinajstić information content (AvgIpc) is 3.19. The molecule has 1 aliphatic heterocycles. The lowest BCUT2D eigenvalue weighted by Gasteiger charge is -2.36. The molecule has 0 saturated heterocycles. The summed E-state index contributed by atoms with van der Waals surface area (Å²) in [7, 11) is 3.23. The number of ketones is 1. The number of unbranched alkanes of at least 4 members (excludes halogenated alkanes) is 2. The number of allylic oxidation sites excluding steroid dienone is 1. The highest BCUT2D eigenvalue weighted by Gasteiger charge is 2.42. The topological polar surface area (TPSA) is 77.1 Å². The van der Waals surface area contributed by atoms with Gasteiger partial charge < -0.3 is 19.5 Å². The molecule has 0 aromatic heterocycles. The van der Waals surface area contributed by atoms with Crippen LogP contribution in [-0.2, 0) is 9.59 Å². The van der Waals surface area contributed by atoms with Gasteiger partial charge in [0.1, 0.15) is 5.75 Å². The smallest absolute Gasteiger partial charge is 0.227 e. The maximum absolute atomic E-state index is 14.5. The van der Waals surface area contributed by atoms with Gasteiger partial charge in [0.05, 0.1) is 37.7 Å². The van der Waals surface area contributed by atoms with E-state index in [2.05, 4.69) is 19.2 Å². The number of hydrogen-bond acceptors (Lipinski definition) is 6. The van der Waals surface area contributed by atoms with Crippen LogP contribution in [0.1, 0.15) is 88.8 Å². The fraction of sp³-hybridized carbons (Fsp3) is 0.405. The third kappa shape index (κ3) is 6.33. The number of carbonyl (C=O) groups excluding carboxylic acids is 2. The van der Waals surface area contributed by atoms with Crippen LogP contribution in [0.15, 0.2) is 78.0 Å². The number of ether oxygens (including phenoxy) is 3. The number of methoxy groups -OCH3 is 2. The van der Waals surface area contributed by atoms with Gasteiger partial charge in [0.25, 0.3) is 0 Å². The molecule has 0 unspecified atom stereocenters. The lowest BCUT2D eigenvalue weighted by Crippen LogP contribution is -2.38. The van der Waals surface area contributed by atoms with Crippen LogP contribution in [0.2, 0.25) is 0 Å². The van der Waals surface area contributed by atoms with Gasteiger partial charge in [-0.2, -0.15) is 0 Å². The van der Waals surface area contributed by atoms with Gasteiger partial charge in [0.15, 0.2) is 17.3 Å². The van der Waals surface area contributed by atoms with Crippen molar-refractivity contribution in [3.8, 4) is 17.2 Å². The molecular weight excluding hydrogens is 552 g/mol. The lowest BCUT2D eigenvalue weighted by molar-refractivity contribution is -0.119. The lowest BCUT2D eigenvalue weighted by atomic mass is 9.78. The first-order valence-corrected chi connectivity index (χ1v) is 15.8. The van der Waals surface area contributed by atoms with E-state index in [4.69, 9.17) is 14.2 Å². The zero-order valence-electron chi connectivity index (χ0n) is 26.5. The summed E-state index contributed by atoms with van der Waals surface area (Å²) in [5.41, 5.74) is 4.87. The fourth-order valence-corrected chi connectivity index (χ4v) is 6.26. The van der Waals surface area contributed by atoms with Crippen LogP contribution in [0, 0.1) is 0 Å². The average molecular weight is 597 g/mol. The predicted molar refractivity (Wildman–Crippen MR) is 175 cm³/mol. The van der Waals surface area contributed by atoms with Crippen molar-refractivity contribution in [2.24, 2.45) is 0 Å². The van der Waals surface area contributed by atoms with Gasteiger partial charge in [-0.05, 0) is 68.0 Å². The number of Topliss-reactive ketones (excluding diaryl/α,β-unsaturated/α-hetero) is 1. The first-order chi connectivity index (χ1) is 21.4. The van der Waals surface area contributed by atoms with Crippen LogP contribution in [-0.4, -0.2) is 32.0 Å². The number of anilines is 2. The van der Waals surface area contributed by atoms with Gasteiger partial charge in [-0.25, -0.2) is 0 Å². The van der Waals surface area contributed by atoms with Crippen molar-refractivity contribution < 1.29 is 23.8 Å². The van der Waals surface area contributed by atoms with Gasteiger partial charge in [-0.1, -0.05) is 63.1 Å². The van der Waals surface area contributed by atoms with Gasteiger partial charge in [-0.15, -0.1) is 0 Å². The Bertz CT molecular complexity index is 1530. The Hall–Kier alpha value is -4.26. The number of para-hydroxylation sites is 3. The highest BCUT2D eigenvalue weighted by Crippen LogP contribution is 2.49. The molecule has 5 rings (SSSR count). The Morgan fingerprint density at radius 2 is 1.68 bits per heavy atom. The highest BCUT2D eigenvalue weighted by molar-refractivity contribution is 6.06. The number of nitrogens with zero attached hydrogens (tertiary/aromatic N) is 1. The number of fused-ring (bicyclic) bond motifs is 1. The number of benzene rings is 3. The van der Waals surface area contributed by atoms with Crippen LogP contribution in [0.3, 0.4) is 0 Å². The third-order valence-electron chi connectivity index (χ3n) is 8.75. The van der Waals surface area contributed by atoms with E-state index < -0.39 is 6.04 Å². The molecule has 3 aromatic carbocycles. The first kappa shape index (κ1) is 31.2. The van der Waals surface area contributed by atoms with Crippen LogP contribution in [0.4, 0.5) is 11.4 Å². The molecule has 0 bridgehead atoms. The van der Waals surface area contributed by atoms with Crippen molar-refractivity contribution in [3.63, 3.8) is 0 Å². The van der Waals surface area contributed by atoms with E-state index in [0.717, 1.165) is 53.9 Å². The molecule has 7 heteroatoms. The summed E-state index contributed by atoms with van der Waals surface area (Å²) in [6, 6.07) is 21.0. The van der Waals surface area contributed by atoms with Crippen molar-refractivity contribution in [2.75, 3.05) is 24.4 Å². The van der Waals surface area contributed by atoms with Crippen LogP contribution in [0.5, 0.6) is 17.2 Å². The molecule has 0 spiro atoms. The molecule has 232 valence electrons. The summed E-state index contributed by atoms with van der Waals surface area (Å²) in [6.07, 6.45) is 4.92. The zero-order valence-corrected chi connectivity index (χ0v) is 26.5. The molecule has 2 aliphatic rings. The normalized spacial score (nSPS) is 18.5. The Morgan fingerprint density at radius 1 is 0.932 bits per heavy atom. The zero-order chi connectivity index (χ0) is 31.2. The molecule has 7 nitrogen and oxygen atoms in total. The number of carbonyl (C=O) groups is 2.